The molecular weight excluding hydrogens is 182 g/mol. The zero-order valence-corrected chi connectivity index (χ0v) is 10.3. The Bertz CT molecular complexity index is 285. The highest BCUT2D eigenvalue weighted by atomic mass is 15.1. The van der Waals surface area contributed by atoms with Gasteiger partial charge in [0, 0.05) is 18.8 Å². The van der Waals surface area contributed by atoms with Crippen molar-refractivity contribution in [1.82, 2.24) is 4.90 Å². The summed E-state index contributed by atoms with van der Waals surface area (Å²) in [7, 11) is 0. The van der Waals surface area contributed by atoms with Gasteiger partial charge in [0.2, 0.25) is 0 Å². The van der Waals surface area contributed by atoms with E-state index in [4.69, 9.17) is 0 Å². The largest absolute Gasteiger partial charge is 0.375 e. The second kappa shape index (κ2) is 4.03. The maximum Gasteiger partial charge on any atom is 0.0175 e. The van der Waals surface area contributed by atoms with Crippen LogP contribution in [-0.4, -0.2) is 18.0 Å². The first-order chi connectivity index (χ1) is 7.07. The number of nitrogens with zero attached hydrogens (tertiary/aromatic N) is 1. The van der Waals surface area contributed by atoms with Crippen LogP contribution < -0.4 is 0 Å². The third kappa shape index (κ3) is 2.45. The summed E-state index contributed by atoms with van der Waals surface area (Å²) >= 11 is 0. The summed E-state index contributed by atoms with van der Waals surface area (Å²) in [6, 6.07) is 0. The Kier molecular flexibility index (Phi) is 2.90. The molecule has 0 aromatic rings. The summed E-state index contributed by atoms with van der Waals surface area (Å²) in [5, 5.41) is 0. The van der Waals surface area contributed by atoms with Crippen LogP contribution in [0.1, 0.15) is 46.5 Å². The van der Waals surface area contributed by atoms with Gasteiger partial charge in [-0.1, -0.05) is 32.4 Å². The Morgan fingerprint density at radius 1 is 1.00 bits per heavy atom. The van der Waals surface area contributed by atoms with Crippen molar-refractivity contribution in [2.45, 2.75) is 46.5 Å². The maximum atomic E-state index is 2.57. The number of hydrogen-bond acceptors (Lipinski definition) is 1. The molecule has 2 rings (SSSR count). The van der Waals surface area contributed by atoms with Crippen molar-refractivity contribution in [3.8, 4) is 0 Å². The summed E-state index contributed by atoms with van der Waals surface area (Å²) in [6.07, 6.45) is 9.99. The van der Waals surface area contributed by atoms with Gasteiger partial charge in [-0.15, -0.1) is 0 Å². The van der Waals surface area contributed by atoms with Crippen LogP contribution in [0.4, 0.5) is 0 Å². The molecule has 0 aromatic carbocycles. The minimum atomic E-state index is 0.354. The molecule has 0 bridgehead atoms. The van der Waals surface area contributed by atoms with E-state index in [1.54, 1.807) is 11.3 Å². The Morgan fingerprint density at radius 2 is 1.67 bits per heavy atom. The fourth-order valence-corrected chi connectivity index (χ4v) is 2.52. The Balaban J connectivity index is 2.06. The minimum Gasteiger partial charge on any atom is -0.375 e. The van der Waals surface area contributed by atoms with Crippen LogP contribution in [0, 0.1) is 5.41 Å². The van der Waals surface area contributed by atoms with Crippen LogP contribution in [0.3, 0.4) is 0 Å². The number of allylic oxidation sites excluding steroid dienone is 4. The Labute approximate surface area is 93.9 Å². The van der Waals surface area contributed by atoms with Gasteiger partial charge in [0.05, 0.1) is 0 Å². The third-order valence-corrected chi connectivity index (χ3v) is 3.60. The lowest BCUT2D eigenvalue weighted by molar-refractivity contribution is 0.395. The van der Waals surface area contributed by atoms with E-state index in [-0.39, 0.29) is 0 Å². The lowest BCUT2D eigenvalue weighted by atomic mass is 9.81. The molecule has 1 aliphatic heterocycles. The summed E-state index contributed by atoms with van der Waals surface area (Å²) in [5.74, 6) is 0. The fraction of sp³-hybridized carbons (Fsp3) is 0.714. The van der Waals surface area contributed by atoms with Crippen molar-refractivity contribution in [3.63, 3.8) is 0 Å². The zero-order chi connectivity index (χ0) is 10.9. The van der Waals surface area contributed by atoms with Gasteiger partial charge in [-0.3, -0.25) is 0 Å². The molecule has 0 saturated carbocycles. The van der Waals surface area contributed by atoms with Crippen LogP contribution in [0.25, 0.3) is 0 Å². The van der Waals surface area contributed by atoms with Crippen molar-refractivity contribution in [1.29, 1.82) is 0 Å². The smallest absolute Gasteiger partial charge is 0.0175 e. The van der Waals surface area contributed by atoms with Gasteiger partial charge in [0.1, 0.15) is 0 Å². The molecule has 0 spiro atoms. The van der Waals surface area contributed by atoms with E-state index in [0.29, 0.717) is 5.41 Å². The zero-order valence-electron chi connectivity index (χ0n) is 10.3. The molecule has 0 radical (unpaired) electrons. The number of hydrogen-bond donors (Lipinski definition) is 0. The molecule has 15 heavy (non-hydrogen) atoms. The van der Waals surface area contributed by atoms with E-state index in [0.717, 1.165) is 0 Å². The van der Waals surface area contributed by atoms with E-state index in [9.17, 15) is 0 Å². The van der Waals surface area contributed by atoms with Gasteiger partial charge in [-0.05, 0) is 37.2 Å². The monoisotopic (exact) mass is 205 g/mol. The van der Waals surface area contributed by atoms with Gasteiger partial charge in [-0.2, -0.15) is 0 Å². The summed E-state index contributed by atoms with van der Waals surface area (Å²) in [4.78, 5) is 2.57. The number of likely N-dealkylation sites (tertiary alicyclic amines) is 1. The standard InChI is InChI=1S/C14H23N/c1-14(2,3)12-6-8-13(9-7-12)15-10-4-5-11-15/h6,8H,4-5,7,9-11H2,1-3H3. The second-order valence-electron chi connectivity index (χ2n) is 5.79. The first kappa shape index (κ1) is 10.8. The molecule has 0 N–H and O–H groups in total. The summed E-state index contributed by atoms with van der Waals surface area (Å²) in [5.41, 5.74) is 3.53. The lowest BCUT2D eigenvalue weighted by Crippen LogP contribution is -2.21. The van der Waals surface area contributed by atoms with Gasteiger partial charge < -0.3 is 4.90 Å². The quantitative estimate of drug-likeness (QED) is 0.630. The molecule has 1 heteroatoms. The second-order valence-corrected chi connectivity index (χ2v) is 5.79. The van der Waals surface area contributed by atoms with Crippen molar-refractivity contribution in [3.05, 3.63) is 23.4 Å². The highest BCUT2D eigenvalue weighted by Gasteiger charge is 2.21. The SMILES string of the molecule is CC(C)(C)C1=CC=C(N2CCCC2)CC1. The van der Waals surface area contributed by atoms with Crippen LogP contribution in [-0.2, 0) is 0 Å². The predicted octanol–water partition coefficient (Wildman–Crippen LogP) is 3.73. The molecule has 2 aliphatic rings. The Morgan fingerprint density at radius 3 is 2.13 bits per heavy atom. The van der Waals surface area contributed by atoms with E-state index < -0.39 is 0 Å². The minimum absolute atomic E-state index is 0.354. The van der Waals surface area contributed by atoms with Crippen molar-refractivity contribution >= 4 is 0 Å². The van der Waals surface area contributed by atoms with Crippen molar-refractivity contribution in [2.24, 2.45) is 5.41 Å². The molecule has 84 valence electrons. The molecule has 1 nitrogen and oxygen atoms in total. The maximum absolute atomic E-state index is 2.57. The summed E-state index contributed by atoms with van der Waals surface area (Å²) < 4.78 is 0. The molecule has 1 aliphatic carbocycles. The fourth-order valence-electron chi connectivity index (χ4n) is 2.52. The highest BCUT2D eigenvalue weighted by Crippen LogP contribution is 2.34. The van der Waals surface area contributed by atoms with Gasteiger partial charge >= 0.3 is 0 Å². The van der Waals surface area contributed by atoms with Crippen molar-refractivity contribution < 1.29 is 0 Å². The van der Waals surface area contributed by atoms with Crippen LogP contribution in [0.15, 0.2) is 23.4 Å². The first-order valence-electron chi connectivity index (χ1n) is 6.22. The summed E-state index contributed by atoms with van der Waals surface area (Å²) in [6.45, 7) is 9.50. The molecule has 0 unspecified atom stereocenters. The molecule has 1 fully saturated rings. The van der Waals surface area contributed by atoms with E-state index in [1.807, 2.05) is 0 Å². The van der Waals surface area contributed by atoms with Crippen molar-refractivity contribution in [2.75, 3.05) is 13.1 Å². The molecular formula is C14H23N. The molecule has 0 amide bonds. The van der Waals surface area contributed by atoms with E-state index in [2.05, 4.69) is 37.8 Å². The van der Waals surface area contributed by atoms with E-state index >= 15 is 0 Å². The third-order valence-electron chi connectivity index (χ3n) is 3.60. The normalized spacial score (nSPS) is 22.7. The Hall–Kier alpha value is -0.720. The molecule has 1 saturated heterocycles. The molecule has 0 atom stereocenters. The predicted molar refractivity (Wildman–Crippen MR) is 65.7 cm³/mol. The average Bonchev–Trinajstić information content (AvgIpc) is 2.69. The first-order valence-corrected chi connectivity index (χ1v) is 6.22. The lowest BCUT2D eigenvalue weighted by Gasteiger charge is -2.29. The van der Waals surface area contributed by atoms with Gasteiger partial charge in [-0.25, -0.2) is 0 Å². The van der Waals surface area contributed by atoms with Gasteiger partial charge in [0.15, 0.2) is 0 Å². The van der Waals surface area contributed by atoms with E-state index in [1.165, 1.54) is 38.8 Å². The van der Waals surface area contributed by atoms with Crippen LogP contribution in [0.2, 0.25) is 0 Å². The van der Waals surface area contributed by atoms with Crippen LogP contribution >= 0.6 is 0 Å². The highest BCUT2D eigenvalue weighted by molar-refractivity contribution is 5.27. The molecule has 1 heterocycles. The number of rotatable bonds is 1. The average molecular weight is 205 g/mol. The van der Waals surface area contributed by atoms with Crippen LogP contribution in [0.5, 0.6) is 0 Å². The topological polar surface area (TPSA) is 3.24 Å². The molecule has 0 aromatic heterocycles. The van der Waals surface area contributed by atoms with Gasteiger partial charge in [0.25, 0.3) is 0 Å².